The van der Waals surface area contributed by atoms with E-state index in [0.29, 0.717) is 0 Å². The summed E-state index contributed by atoms with van der Waals surface area (Å²) in [7, 11) is 0. The number of carboxylic acid groups (broad SMARTS) is 1. The van der Waals surface area contributed by atoms with Crippen LogP contribution in [-0.4, -0.2) is 33.5 Å². The predicted molar refractivity (Wildman–Crippen MR) is 95.4 cm³/mol. The first-order valence-corrected chi connectivity index (χ1v) is 8.40. The largest absolute Gasteiger partial charge is 0.479 e. The average Bonchev–Trinajstić information content (AvgIpc) is 2.62. The van der Waals surface area contributed by atoms with E-state index in [2.05, 4.69) is 5.32 Å². The van der Waals surface area contributed by atoms with Crippen molar-refractivity contribution in [3.63, 3.8) is 0 Å². The van der Waals surface area contributed by atoms with Gasteiger partial charge in [-0.25, -0.2) is 14.5 Å². The Bertz CT molecular complexity index is 822. The van der Waals surface area contributed by atoms with Crippen LogP contribution in [0.25, 0.3) is 0 Å². The van der Waals surface area contributed by atoms with Crippen molar-refractivity contribution in [3.8, 4) is 0 Å². The molecule has 0 radical (unpaired) electrons. The molecule has 0 unspecified atom stereocenters. The van der Waals surface area contributed by atoms with E-state index in [1.54, 1.807) is 31.2 Å². The van der Waals surface area contributed by atoms with Gasteiger partial charge in [0.15, 0.2) is 5.54 Å². The summed E-state index contributed by atoms with van der Waals surface area (Å²) < 4.78 is 0. The standard InChI is InChI=1S/C20H20N2O4/c1-14(16-10-6-3-7-11-16)21-19(26)22-17(23)13-20(22,18(24)25)12-15-8-4-2-5-9-15/h2-11,14H,12-13H2,1H3,(H,21,26)(H,24,25)/t14-,20+/m1/s1. The molecule has 1 fully saturated rings. The minimum absolute atomic E-state index is 0.0854. The molecule has 3 rings (SSSR count). The summed E-state index contributed by atoms with van der Waals surface area (Å²) in [5.41, 5.74) is 0.0907. The van der Waals surface area contributed by atoms with E-state index in [4.69, 9.17) is 0 Å². The number of imide groups is 1. The van der Waals surface area contributed by atoms with Crippen LogP contribution >= 0.6 is 0 Å². The van der Waals surface area contributed by atoms with E-state index < -0.39 is 23.4 Å². The van der Waals surface area contributed by atoms with Crippen LogP contribution in [0.1, 0.15) is 30.5 Å². The van der Waals surface area contributed by atoms with Gasteiger partial charge in [0.2, 0.25) is 5.91 Å². The van der Waals surface area contributed by atoms with Crippen LogP contribution in [0.4, 0.5) is 4.79 Å². The van der Waals surface area contributed by atoms with Crippen LogP contribution < -0.4 is 5.32 Å². The fourth-order valence-corrected chi connectivity index (χ4v) is 3.26. The maximum Gasteiger partial charge on any atom is 0.331 e. The number of hydrogen-bond acceptors (Lipinski definition) is 3. The van der Waals surface area contributed by atoms with Crippen LogP contribution in [0.5, 0.6) is 0 Å². The maximum absolute atomic E-state index is 12.7. The monoisotopic (exact) mass is 352 g/mol. The second-order valence-corrected chi connectivity index (χ2v) is 6.49. The van der Waals surface area contributed by atoms with Crippen molar-refractivity contribution in [1.29, 1.82) is 0 Å². The highest BCUT2D eigenvalue weighted by Gasteiger charge is 2.60. The molecule has 0 bridgehead atoms. The van der Waals surface area contributed by atoms with Gasteiger partial charge in [-0.05, 0) is 18.1 Å². The van der Waals surface area contributed by atoms with E-state index in [0.717, 1.165) is 16.0 Å². The molecular formula is C20H20N2O4. The quantitative estimate of drug-likeness (QED) is 0.810. The topological polar surface area (TPSA) is 86.7 Å². The van der Waals surface area contributed by atoms with E-state index in [1.807, 2.05) is 36.4 Å². The normalized spacial score (nSPS) is 20.2. The second kappa shape index (κ2) is 7.00. The van der Waals surface area contributed by atoms with Crippen LogP contribution in [-0.2, 0) is 16.0 Å². The first-order valence-electron chi connectivity index (χ1n) is 8.40. The van der Waals surface area contributed by atoms with Crippen molar-refractivity contribution in [2.45, 2.75) is 31.3 Å². The Morgan fingerprint density at radius 3 is 2.23 bits per heavy atom. The highest BCUT2D eigenvalue weighted by atomic mass is 16.4. The van der Waals surface area contributed by atoms with Gasteiger partial charge >= 0.3 is 12.0 Å². The summed E-state index contributed by atoms with van der Waals surface area (Å²) in [6, 6.07) is 17.3. The molecule has 0 spiro atoms. The van der Waals surface area contributed by atoms with Gasteiger partial charge in [-0.15, -0.1) is 0 Å². The van der Waals surface area contributed by atoms with Gasteiger partial charge in [-0.2, -0.15) is 0 Å². The lowest BCUT2D eigenvalue weighted by atomic mass is 9.78. The van der Waals surface area contributed by atoms with Crippen LogP contribution in [0, 0.1) is 0 Å². The van der Waals surface area contributed by atoms with Crippen molar-refractivity contribution in [2.24, 2.45) is 0 Å². The number of nitrogens with zero attached hydrogens (tertiary/aromatic N) is 1. The number of rotatable bonds is 5. The molecule has 3 amide bonds. The van der Waals surface area contributed by atoms with Gasteiger partial charge in [-0.3, -0.25) is 4.79 Å². The molecule has 134 valence electrons. The van der Waals surface area contributed by atoms with Crippen LogP contribution in [0.3, 0.4) is 0 Å². The number of hydrogen-bond donors (Lipinski definition) is 2. The third-order valence-electron chi connectivity index (χ3n) is 4.70. The van der Waals surface area contributed by atoms with E-state index in [9.17, 15) is 19.5 Å². The number of benzene rings is 2. The number of likely N-dealkylation sites (tertiary alicyclic amines) is 1. The molecule has 1 heterocycles. The van der Waals surface area contributed by atoms with Crippen LogP contribution in [0.2, 0.25) is 0 Å². The lowest BCUT2D eigenvalue weighted by Crippen LogP contribution is -2.72. The summed E-state index contributed by atoms with van der Waals surface area (Å²) in [5, 5.41) is 12.5. The third kappa shape index (κ3) is 3.18. The second-order valence-electron chi connectivity index (χ2n) is 6.49. The molecule has 26 heavy (non-hydrogen) atoms. The van der Waals surface area contributed by atoms with E-state index >= 15 is 0 Å². The zero-order chi connectivity index (χ0) is 18.7. The Balaban J connectivity index is 1.80. The molecule has 6 nitrogen and oxygen atoms in total. The van der Waals surface area contributed by atoms with E-state index in [-0.39, 0.29) is 18.9 Å². The molecule has 0 saturated carbocycles. The minimum atomic E-state index is -1.54. The lowest BCUT2D eigenvalue weighted by molar-refractivity contribution is -0.170. The number of carboxylic acids is 1. The summed E-state index contributed by atoms with van der Waals surface area (Å²) in [6.45, 7) is 1.79. The molecule has 1 aliphatic rings. The summed E-state index contributed by atoms with van der Waals surface area (Å²) in [4.78, 5) is 37.6. The first kappa shape index (κ1) is 17.7. The Labute approximate surface area is 151 Å². The molecule has 6 heteroatoms. The van der Waals surface area contributed by atoms with Gasteiger partial charge < -0.3 is 10.4 Å². The fraction of sp³-hybridized carbons (Fsp3) is 0.250. The number of β-lactam (4-membered cyclic amide) rings is 1. The molecular weight excluding hydrogens is 332 g/mol. The molecule has 1 saturated heterocycles. The van der Waals surface area contributed by atoms with Gasteiger partial charge in [0.1, 0.15) is 0 Å². The number of aliphatic carboxylic acids is 1. The molecule has 2 N–H and O–H groups in total. The van der Waals surface area contributed by atoms with Crippen molar-refractivity contribution in [2.75, 3.05) is 0 Å². The third-order valence-corrected chi connectivity index (χ3v) is 4.70. The van der Waals surface area contributed by atoms with Crippen molar-refractivity contribution in [3.05, 3.63) is 71.8 Å². The molecule has 2 aromatic carbocycles. The number of amides is 3. The summed E-state index contributed by atoms with van der Waals surface area (Å²) in [6.07, 6.45) is -0.105. The molecule has 2 aromatic rings. The fourth-order valence-electron chi connectivity index (χ4n) is 3.26. The lowest BCUT2D eigenvalue weighted by Gasteiger charge is -2.47. The molecule has 1 aliphatic heterocycles. The Kier molecular flexibility index (Phi) is 4.75. The zero-order valence-corrected chi connectivity index (χ0v) is 14.4. The van der Waals surface area contributed by atoms with Crippen molar-refractivity contribution >= 4 is 17.9 Å². The molecule has 2 atom stereocenters. The number of urea groups is 1. The van der Waals surface area contributed by atoms with Crippen molar-refractivity contribution < 1.29 is 19.5 Å². The average molecular weight is 352 g/mol. The first-order chi connectivity index (χ1) is 12.4. The molecule has 0 aliphatic carbocycles. The Morgan fingerprint density at radius 1 is 1.12 bits per heavy atom. The minimum Gasteiger partial charge on any atom is -0.479 e. The van der Waals surface area contributed by atoms with E-state index in [1.165, 1.54) is 0 Å². The maximum atomic E-state index is 12.7. The predicted octanol–water partition coefficient (Wildman–Crippen LogP) is 2.76. The van der Waals surface area contributed by atoms with Crippen LogP contribution in [0.15, 0.2) is 60.7 Å². The van der Waals surface area contributed by atoms with Crippen molar-refractivity contribution in [1.82, 2.24) is 10.2 Å². The summed E-state index contributed by atoms with van der Waals surface area (Å²) >= 11 is 0. The highest BCUT2D eigenvalue weighted by molar-refractivity contribution is 6.08. The zero-order valence-electron chi connectivity index (χ0n) is 14.4. The summed E-state index contributed by atoms with van der Waals surface area (Å²) in [5.74, 6) is -1.66. The van der Waals surface area contributed by atoms with Gasteiger partial charge in [-0.1, -0.05) is 60.7 Å². The van der Waals surface area contributed by atoms with Gasteiger partial charge in [0.05, 0.1) is 12.5 Å². The number of carbonyl (C=O) groups excluding carboxylic acids is 2. The van der Waals surface area contributed by atoms with Gasteiger partial charge in [0.25, 0.3) is 0 Å². The molecule has 0 aromatic heterocycles. The highest BCUT2D eigenvalue weighted by Crippen LogP contribution is 2.36. The number of nitrogens with one attached hydrogen (secondary N) is 1. The Hall–Kier alpha value is -3.15. The smallest absolute Gasteiger partial charge is 0.331 e. The Morgan fingerprint density at radius 2 is 1.69 bits per heavy atom. The SMILES string of the molecule is C[C@@H](NC(=O)N1C(=O)C[C@@]1(Cc1ccccc1)C(=O)O)c1ccccc1. The van der Waals surface area contributed by atoms with Gasteiger partial charge in [0, 0.05) is 6.42 Å². The number of carbonyl (C=O) groups is 3.